The summed E-state index contributed by atoms with van der Waals surface area (Å²) in [5, 5.41) is 14.6. The molecule has 2 nitrogen and oxygen atoms in total. The van der Waals surface area contributed by atoms with E-state index in [1.807, 2.05) is 0 Å². The van der Waals surface area contributed by atoms with Crippen LogP contribution in [0.15, 0.2) is 36.4 Å². The highest BCUT2D eigenvalue weighted by Crippen LogP contribution is 2.20. The number of aliphatic hydroxyl groups is 1. The quantitative estimate of drug-likeness (QED) is 0.771. The fourth-order valence-corrected chi connectivity index (χ4v) is 1.94. The van der Waals surface area contributed by atoms with Crippen LogP contribution in [0.25, 0.3) is 10.8 Å². The van der Waals surface area contributed by atoms with E-state index in [4.69, 9.17) is 5.11 Å². The lowest BCUT2D eigenvalue weighted by Crippen LogP contribution is -2.02. The minimum Gasteiger partial charge on any atom is -0.396 e. The molecule has 0 saturated heterocycles. The molecule has 0 aliphatic rings. The number of anilines is 1. The SMILES string of the molecule is Cc1ccc2cc(NCCCCO)ccc2c1. The summed E-state index contributed by atoms with van der Waals surface area (Å²) < 4.78 is 0. The van der Waals surface area contributed by atoms with Gasteiger partial charge in [-0.1, -0.05) is 29.8 Å². The van der Waals surface area contributed by atoms with E-state index in [0.29, 0.717) is 0 Å². The van der Waals surface area contributed by atoms with Gasteiger partial charge in [0, 0.05) is 18.8 Å². The number of fused-ring (bicyclic) bond motifs is 1. The van der Waals surface area contributed by atoms with Gasteiger partial charge in [-0.15, -0.1) is 0 Å². The Bertz CT molecular complexity index is 493. The molecule has 0 aliphatic heterocycles. The lowest BCUT2D eigenvalue weighted by Gasteiger charge is -2.07. The first-order valence-corrected chi connectivity index (χ1v) is 6.15. The van der Waals surface area contributed by atoms with Gasteiger partial charge in [0.1, 0.15) is 0 Å². The predicted molar refractivity (Wildman–Crippen MR) is 73.5 cm³/mol. The molecular weight excluding hydrogens is 210 g/mol. The van der Waals surface area contributed by atoms with Crippen LogP contribution in [0.2, 0.25) is 0 Å². The first-order chi connectivity index (χ1) is 8.29. The molecule has 0 saturated carbocycles. The van der Waals surface area contributed by atoms with E-state index >= 15 is 0 Å². The molecule has 0 heterocycles. The highest BCUT2D eigenvalue weighted by Gasteiger charge is 1.96. The van der Waals surface area contributed by atoms with Crippen LogP contribution in [0.5, 0.6) is 0 Å². The molecule has 0 fully saturated rings. The Kier molecular flexibility index (Phi) is 3.99. The van der Waals surface area contributed by atoms with Crippen LogP contribution in [0.1, 0.15) is 18.4 Å². The Morgan fingerprint density at radius 2 is 1.76 bits per heavy atom. The van der Waals surface area contributed by atoms with E-state index in [0.717, 1.165) is 25.1 Å². The standard InChI is InChI=1S/C15H19NO/c1-12-4-5-14-11-15(7-6-13(14)10-12)16-8-2-3-9-17/h4-7,10-11,16-17H,2-3,8-9H2,1H3. The lowest BCUT2D eigenvalue weighted by atomic mass is 10.1. The molecule has 0 atom stereocenters. The van der Waals surface area contributed by atoms with Gasteiger partial charge in [0.15, 0.2) is 0 Å². The van der Waals surface area contributed by atoms with Crippen LogP contribution in [0.4, 0.5) is 5.69 Å². The number of unbranched alkanes of at least 4 members (excludes halogenated alkanes) is 1. The van der Waals surface area contributed by atoms with Gasteiger partial charge in [-0.25, -0.2) is 0 Å². The number of nitrogens with one attached hydrogen (secondary N) is 1. The molecule has 0 amide bonds. The van der Waals surface area contributed by atoms with Gasteiger partial charge in [-0.2, -0.15) is 0 Å². The van der Waals surface area contributed by atoms with Gasteiger partial charge < -0.3 is 10.4 Å². The molecule has 0 aromatic heterocycles. The van der Waals surface area contributed by atoms with Crippen molar-refractivity contribution in [3.05, 3.63) is 42.0 Å². The molecule has 0 unspecified atom stereocenters. The largest absolute Gasteiger partial charge is 0.396 e. The van der Waals surface area contributed by atoms with Crippen molar-refractivity contribution < 1.29 is 5.11 Å². The third-order valence-electron chi connectivity index (χ3n) is 2.91. The Morgan fingerprint density at radius 1 is 1.00 bits per heavy atom. The molecule has 2 N–H and O–H groups in total. The molecule has 17 heavy (non-hydrogen) atoms. The van der Waals surface area contributed by atoms with Gasteiger partial charge >= 0.3 is 0 Å². The van der Waals surface area contributed by atoms with Crippen molar-refractivity contribution in [2.45, 2.75) is 19.8 Å². The molecule has 2 heteroatoms. The number of aliphatic hydroxyl groups excluding tert-OH is 1. The zero-order chi connectivity index (χ0) is 12.1. The van der Waals surface area contributed by atoms with Gasteiger partial charge in [0.05, 0.1) is 0 Å². The average Bonchev–Trinajstić information content (AvgIpc) is 2.35. The number of hydrogen-bond acceptors (Lipinski definition) is 2. The molecular formula is C15H19NO. The lowest BCUT2D eigenvalue weighted by molar-refractivity contribution is 0.286. The molecule has 2 aromatic rings. The van der Waals surface area contributed by atoms with Crippen LogP contribution in [-0.4, -0.2) is 18.3 Å². The first-order valence-electron chi connectivity index (χ1n) is 6.15. The van der Waals surface area contributed by atoms with Gasteiger partial charge in [0.2, 0.25) is 0 Å². The summed E-state index contributed by atoms with van der Waals surface area (Å²) in [5.41, 5.74) is 2.44. The van der Waals surface area contributed by atoms with Crippen LogP contribution >= 0.6 is 0 Å². The zero-order valence-corrected chi connectivity index (χ0v) is 10.2. The highest BCUT2D eigenvalue weighted by atomic mass is 16.2. The van der Waals surface area contributed by atoms with Crippen LogP contribution in [0, 0.1) is 6.92 Å². The number of hydrogen-bond donors (Lipinski definition) is 2. The second-order valence-corrected chi connectivity index (χ2v) is 4.42. The topological polar surface area (TPSA) is 32.3 Å². The minimum atomic E-state index is 0.276. The van der Waals surface area contributed by atoms with Crippen molar-refractivity contribution in [1.29, 1.82) is 0 Å². The summed E-state index contributed by atoms with van der Waals surface area (Å²) >= 11 is 0. The second kappa shape index (κ2) is 5.69. The highest BCUT2D eigenvalue weighted by molar-refractivity contribution is 5.86. The van der Waals surface area contributed by atoms with Crippen molar-refractivity contribution >= 4 is 16.5 Å². The predicted octanol–water partition coefficient (Wildman–Crippen LogP) is 3.33. The third kappa shape index (κ3) is 3.21. The van der Waals surface area contributed by atoms with Crippen molar-refractivity contribution in [1.82, 2.24) is 0 Å². The van der Waals surface area contributed by atoms with Crippen molar-refractivity contribution in [3.8, 4) is 0 Å². The van der Waals surface area contributed by atoms with Gasteiger partial charge in [-0.05, 0) is 42.7 Å². The fraction of sp³-hybridized carbons (Fsp3) is 0.333. The van der Waals surface area contributed by atoms with E-state index in [-0.39, 0.29) is 6.61 Å². The summed E-state index contributed by atoms with van der Waals surface area (Å²) in [6.45, 7) is 3.30. The van der Waals surface area contributed by atoms with E-state index in [1.54, 1.807) is 0 Å². The molecule has 2 rings (SSSR count). The molecule has 90 valence electrons. The number of benzene rings is 2. The van der Waals surface area contributed by atoms with Crippen LogP contribution < -0.4 is 5.32 Å². The van der Waals surface area contributed by atoms with Crippen LogP contribution in [-0.2, 0) is 0 Å². The van der Waals surface area contributed by atoms with E-state index in [2.05, 4.69) is 48.6 Å². The average molecular weight is 229 g/mol. The smallest absolute Gasteiger partial charge is 0.0431 e. The zero-order valence-electron chi connectivity index (χ0n) is 10.2. The third-order valence-corrected chi connectivity index (χ3v) is 2.91. The number of aryl methyl sites for hydroxylation is 1. The summed E-state index contributed by atoms with van der Waals surface area (Å²) in [4.78, 5) is 0. The Hall–Kier alpha value is -1.54. The fourth-order valence-electron chi connectivity index (χ4n) is 1.94. The van der Waals surface area contributed by atoms with E-state index in [9.17, 15) is 0 Å². The summed E-state index contributed by atoms with van der Waals surface area (Å²) in [6.07, 6.45) is 1.86. The van der Waals surface area contributed by atoms with Crippen molar-refractivity contribution in [3.63, 3.8) is 0 Å². The first kappa shape index (κ1) is 11.9. The van der Waals surface area contributed by atoms with Gasteiger partial charge in [0.25, 0.3) is 0 Å². The maximum atomic E-state index is 8.70. The molecule has 0 aliphatic carbocycles. The molecule has 0 radical (unpaired) electrons. The maximum Gasteiger partial charge on any atom is 0.0431 e. The minimum absolute atomic E-state index is 0.276. The maximum absolute atomic E-state index is 8.70. The normalized spacial score (nSPS) is 10.7. The van der Waals surface area contributed by atoms with E-state index < -0.39 is 0 Å². The summed E-state index contributed by atoms with van der Waals surface area (Å²) in [6, 6.07) is 12.9. The summed E-state index contributed by atoms with van der Waals surface area (Å²) in [5.74, 6) is 0. The molecule has 2 aromatic carbocycles. The Labute approximate surface area is 102 Å². The van der Waals surface area contributed by atoms with Crippen LogP contribution in [0.3, 0.4) is 0 Å². The monoisotopic (exact) mass is 229 g/mol. The Morgan fingerprint density at radius 3 is 2.59 bits per heavy atom. The molecule has 0 bridgehead atoms. The number of rotatable bonds is 5. The van der Waals surface area contributed by atoms with Crippen molar-refractivity contribution in [2.24, 2.45) is 0 Å². The van der Waals surface area contributed by atoms with E-state index in [1.165, 1.54) is 16.3 Å². The van der Waals surface area contributed by atoms with Gasteiger partial charge in [-0.3, -0.25) is 0 Å². The molecule has 0 spiro atoms. The second-order valence-electron chi connectivity index (χ2n) is 4.42. The van der Waals surface area contributed by atoms with Crippen molar-refractivity contribution in [2.75, 3.05) is 18.5 Å². The summed E-state index contributed by atoms with van der Waals surface area (Å²) in [7, 11) is 0. The Balaban J connectivity index is 2.07.